The molecule has 0 radical (unpaired) electrons. The third-order valence-corrected chi connectivity index (χ3v) is 13.0. The average Bonchev–Trinajstić information content (AvgIpc) is 4.45. The predicted molar refractivity (Wildman–Crippen MR) is 307 cm³/mol. The first kappa shape index (κ1) is 60.3. The topological polar surface area (TPSA) is 138 Å². The van der Waals surface area contributed by atoms with Crippen LogP contribution in [0.5, 0.6) is 11.5 Å². The van der Waals surface area contributed by atoms with Crippen LogP contribution in [-0.4, -0.2) is 77.7 Å². The van der Waals surface area contributed by atoms with Gasteiger partial charge >= 0.3 is 34.1 Å². The minimum atomic E-state index is -0.638. The number of halogens is 1. The second-order valence-corrected chi connectivity index (χ2v) is 18.8. The van der Waals surface area contributed by atoms with Gasteiger partial charge in [-0.1, -0.05) is 150 Å². The summed E-state index contributed by atoms with van der Waals surface area (Å²) in [6, 6.07) is 28.7. The Kier molecular flexibility index (Phi) is 23.4. The van der Waals surface area contributed by atoms with E-state index in [4.69, 9.17) is 9.47 Å². The zero-order valence-electron chi connectivity index (χ0n) is 44.4. The van der Waals surface area contributed by atoms with Crippen LogP contribution in [0.4, 0.5) is 10.1 Å². The number of allylic oxidation sites excluding steroid dienone is 20. The molecule has 0 N–H and O–H groups in total. The summed E-state index contributed by atoms with van der Waals surface area (Å²) >= 11 is 0. The SMILES string of the molecule is C1=CCC=C1.C1=CCC=C1.O=C(/C=C/C1=CCC=C1)c1ccc(OCCn2cc(CN(Cc3cn(CCOc4ccc(C(=O)/C=C/C5=CCC=C5)cc4)nn3)[C@@H]3C(=O)N(c4ccc(F)cc4)[C@@H]3/C=C/c3ccccc3)nn2)cc1.[Fe+2].[Fe+2]. The Labute approximate surface area is 493 Å². The van der Waals surface area contributed by atoms with Gasteiger partial charge in [0.15, 0.2) is 11.6 Å². The van der Waals surface area contributed by atoms with Gasteiger partial charge in [0.25, 0.3) is 0 Å². The van der Waals surface area contributed by atoms with Gasteiger partial charge in [-0.25, -0.2) is 13.8 Å². The van der Waals surface area contributed by atoms with Crippen LogP contribution in [0.2, 0.25) is 0 Å². The van der Waals surface area contributed by atoms with Crippen molar-refractivity contribution in [2.75, 3.05) is 18.1 Å². The number of β-lactam (4-membered cyclic amide) rings is 1. The van der Waals surface area contributed by atoms with Crippen LogP contribution in [-0.2, 0) is 65.1 Å². The number of hydrogen-bond donors (Lipinski definition) is 0. The second kappa shape index (κ2) is 31.4. The minimum absolute atomic E-state index is 0. The summed E-state index contributed by atoms with van der Waals surface area (Å²) in [4.78, 5) is 43.3. The molecule has 13 nitrogen and oxygen atoms in total. The van der Waals surface area contributed by atoms with Crippen LogP contribution in [0.15, 0.2) is 242 Å². The van der Waals surface area contributed by atoms with Crippen molar-refractivity contribution < 1.29 is 62.4 Å². The Bertz CT molecular complexity index is 3200. The van der Waals surface area contributed by atoms with Gasteiger partial charge in [-0.15, -0.1) is 10.2 Å². The first-order valence-corrected chi connectivity index (χ1v) is 26.4. The Morgan fingerprint density at radius 1 is 0.593 bits per heavy atom. The van der Waals surface area contributed by atoms with E-state index in [2.05, 4.69) is 81.4 Å². The molecule has 0 bridgehead atoms. The van der Waals surface area contributed by atoms with Crippen molar-refractivity contribution >= 4 is 29.2 Å². The van der Waals surface area contributed by atoms with E-state index in [-0.39, 0.29) is 64.7 Å². The van der Waals surface area contributed by atoms with Crippen molar-refractivity contribution in [2.45, 2.75) is 63.9 Å². The van der Waals surface area contributed by atoms with E-state index in [1.54, 1.807) is 87.1 Å². The number of rotatable bonds is 22. The minimum Gasteiger partial charge on any atom is -0.492 e. The van der Waals surface area contributed by atoms with Crippen LogP contribution >= 0.6 is 0 Å². The number of carbonyl (C=O) groups is 3. The molecule has 0 unspecified atom stereocenters. The van der Waals surface area contributed by atoms with Crippen molar-refractivity contribution in [2.24, 2.45) is 0 Å². The molecule has 0 spiro atoms. The molecule has 16 heteroatoms. The molecule has 5 aliphatic rings. The van der Waals surface area contributed by atoms with Crippen LogP contribution in [0.3, 0.4) is 0 Å². The summed E-state index contributed by atoms with van der Waals surface area (Å²) in [7, 11) is 0. The van der Waals surface area contributed by atoms with E-state index < -0.39 is 17.9 Å². The fourth-order valence-corrected chi connectivity index (χ4v) is 8.91. The predicted octanol–water partition coefficient (Wildman–Crippen LogP) is 11.9. The molecule has 3 heterocycles. The van der Waals surface area contributed by atoms with E-state index in [0.717, 1.165) is 42.4 Å². The van der Waals surface area contributed by atoms with Crippen molar-refractivity contribution in [1.82, 2.24) is 34.9 Å². The van der Waals surface area contributed by atoms with Crippen molar-refractivity contribution in [3.8, 4) is 11.5 Å². The summed E-state index contributed by atoms with van der Waals surface area (Å²) in [5, 5.41) is 17.7. The quantitative estimate of drug-likeness (QED) is 0.0279. The van der Waals surface area contributed by atoms with E-state index in [9.17, 15) is 18.8 Å². The number of carbonyl (C=O) groups excluding carboxylic acids is 3. The fraction of sp³-hybridized carbons (Fsp3) is 0.185. The molecule has 2 atom stereocenters. The largest absolute Gasteiger partial charge is 2.00 e. The monoisotopic (exact) mass is 1160 g/mol. The maximum Gasteiger partial charge on any atom is 2.00 e. The van der Waals surface area contributed by atoms with Gasteiger partial charge in [0.05, 0.1) is 30.5 Å². The molecule has 81 heavy (non-hydrogen) atoms. The van der Waals surface area contributed by atoms with E-state index in [1.165, 1.54) is 12.1 Å². The molecular formula is C65H61FFe2N8O5+4. The summed E-state index contributed by atoms with van der Waals surface area (Å²) in [5.74, 6) is 0.516. The van der Waals surface area contributed by atoms with Gasteiger partial charge in [-0.05, 0) is 127 Å². The second-order valence-electron chi connectivity index (χ2n) is 18.8. The van der Waals surface area contributed by atoms with Crippen molar-refractivity contribution in [3.05, 3.63) is 276 Å². The van der Waals surface area contributed by atoms with E-state index >= 15 is 0 Å². The van der Waals surface area contributed by atoms with Gasteiger partial charge in [-0.3, -0.25) is 19.3 Å². The first-order chi connectivity index (χ1) is 38.8. The summed E-state index contributed by atoms with van der Waals surface area (Å²) < 4.78 is 29.4. The van der Waals surface area contributed by atoms with Crippen molar-refractivity contribution in [1.29, 1.82) is 0 Å². The maximum absolute atomic E-state index is 14.3. The number of amides is 1. The number of ketones is 2. The zero-order chi connectivity index (χ0) is 54.4. The van der Waals surface area contributed by atoms with Gasteiger partial charge in [0.1, 0.15) is 36.6 Å². The number of hydrogen-bond acceptors (Lipinski definition) is 10. The van der Waals surface area contributed by atoms with Gasteiger partial charge in [-0.2, -0.15) is 0 Å². The Morgan fingerprint density at radius 2 is 1.07 bits per heavy atom. The number of nitrogens with zero attached hydrogens (tertiary/aromatic N) is 8. The Balaban J connectivity index is 0.000000712. The van der Waals surface area contributed by atoms with Crippen LogP contribution in [0.1, 0.15) is 63.4 Å². The number of aromatic nitrogens is 6. The number of anilines is 1. The molecule has 4 aromatic carbocycles. The normalized spacial score (nSPS) is 16.3. The fourth-order valence-electron chi connectivity index (χ4n) is 8.91. The third-order valence-electron chi connectivity index (χ3n) is 13.0. The Morgan fingerprint density at radius 3 is 1.51 bits per heavy atom. The molecule has 1 aliphatic heterocycles. The molecule has 2 aromatic heterocycles. The molecule has 1 saturated heterocycles. The van der Waals surface area contributed by atoms with E-state index in [0.29, 0.717) is 66.0 Å². The average molecular weight is 1160 g/mol. The van der Waals surface area contributed by atoms with Crippen LogP contribution < -0.4 is 14.4 Å². The Hall–Kier alpha value is -8.36. The number of benzene rings is 4. The van der Waals surface area contributed by atoms with Gasteiger partial charge in [0, 0.05) is 42.3 Å². The van der Waals surface area contributed by atoms with E-state index in [1.807, 2.05) is 96.2 Å². The van der Waals surface area contributed by atoms with Gasteiger partial charge in [0.2, 0.25) is 5.91 Å². The first-order valence-electron chi connectivity index (χ1n) is 26.4. The molecule has 410 valence electrons. The molecule has 1 amide bonds. The van der Waals surface area contributed by atoms with Gasteiger partial charge < -0.3 is 14.4 Å². The van der Waals surface area contributed by atoms with Crippen molar-refractivity contribution in [3.63, 3.8) is 0 Å². The molecular weight excluding hydrogens is 1100 g/mol. The third kappa shape index (κ3) is 18.1. The molecule has 4 aliphatic carbocycles. The summed E-state index contributed by atoms with van der Waals surface area (Å²) in [6.07, 6.45) is 47.4. The summed E-state index contributed by atoms with van der Waals surface area (Å²) in [5.41, 5.74) is 5.99. The summed E-state index contributed by atoms with van der Waals surface area (Å²) in [6.45, 7) is 1.89. The molecule has 1 fully saturated rings. The maximum atomic E-state index is 14.3. The molecule has 11 rings (SSSR count). The van der Waals surface area contributed by atoms with Crippen LogP contribution in [0.25, 0.3) is 6.08 Å². The number of ether oxygens (including phenoxy) is 2. The molecule has 0 saturated carbocycles. The zero-order valence-corrected chi connectivity index (χ0v) is 46.7. The van der Waals surface area contributed by atoms with Crippen LogP contribution in [0, 0.1) is 5.82 Å². The standard InChI is InChI=1S/C55H49FN8O5.2C5H6.2Fe/c56-45-21-23-48(24-22-45)64-51(29-14-40-8-2-1-3-9-40)54(55(64)67)61(36-46-38-62(59-57-46)32-34-68-49-25-17-43(18-26-49)52(65)30-15-41-10-4-5-11-41)37-47-39-63(60-58-47)33-35-69-50-27-19-44(20-28-50)53(66)31-16-42-12-6-7-13-42;2*1-2-4-5-3-1;;/h1-4,6,8-31,38-39,51,54H,5,7,32-37H2;2*1-4H,5H2;;/q;;;2*+2/b29-14+,30-15+,31-16+;;;;/t51-,54+;;;;/m1..../s1. The molecule has 6 aromatic rings. The smallest absolute Gasteiger partial charge is 0.492 e.